The Bertz CT molecular complexity index is 1480. The highest BCUT2D eigenvalue weighted by Gasteiger charge is 2.28. The normalized spacial score (nSPS) is 12.4. The van der Waals surface area contributed by atoms with E-state index in [0.29, 0.717) is 11.3 Å². The molecule has 0 aliphatic heterocycles. The van der Waals surface area contributed by atoms with Crippen LogP contribution in [0.5, 0.6) is 11.6 Å². The Morgan fingerprint density at radius 3 is 2.42 bits per heavy atom. The molecule has 0 aliphatic carbocycles. The molecule has 0 aliphatic rings. The highest BCUT2D eigenvalue weighted by atomic mass is 32.2. The molecule has 0 saturated carbocycles. The van der Waals surface area contributed by atoms with Crippen molar-refractivity contribution < 1.29 is 22.9 Å². The summed E-state index contributed by atoms with van der Waals surface area (Å²) in [7, 11) is -4.19. The third-order valence-corrected chi connectivity index (χ3v) is 7.57. The van der Waals surface area contributed by atoms with Crippen LogP contribution in [0.1, 0.15) is 61.3 Å². The van der Waals surface area contributed by atoms with Crippen molar-refractivity contribution in [3.8, 4) is 17.3 Å². The van der Waals surface area contributed by atoms with Gasteiger partial charge in [-0.1, -0.05) is 19.1 Å². The number of carbonyl (C=O) groups is 1. The molecule has 0 spiro atoms. The Hall–Kier alpha value is -3.77. The fraction of sp³-hybridized carbons (Fsp3) is 0.385. The molecule has 1 heterocycles. The molecule has 38 heavy (non-hydrogen) atoms. The fourth-order valence-corrected chi connectivity index (χ4v) is 5.10. The molecule has 3 aromatic rings. The van der Waals surface area contributed by atoms with Crippen molar-refractivity contribution in [2.75, 3.05) is 0 Å². The van der Waals surface area contributed by atoms with Crippen LogP contribution in [0.15, 0.2) is 41.3 Å². The van der Waals surface area contributed by atoms with Gasteiger partial charge in [0, 0.05) is 29.8 Å². The Morgan fingerprint density at radius 2 is 1.82 bits per heavy atom. The first-order valence-electron chi connectivity index (χ1n) is 12.2. The zero-order valence-corrected chi connectivity index (χ0v) is 23.3. The lowest BCUT2D eigenvalue weighted by Crippen LogP contribution is -2.32. The predicted octanol–water partition coefficient (Wildman–Crippen LogP) is 4.71. The summed E-state index contributed by atoms with van der Waals surface area (Å²) in [6.07, 6.45) is 0.721. The van der Waals surface area contributed by atoms with Gasteiger partial charge in [-0.25, -0.2) is 13.1 Å². The number of rotatable bonds is 10. The van der Waals surface area contributed by atoms with Crippen LogP contribution in [-0.2, 0) is 10.0 Å². The number of hydrogen-bond donors (Lipinski definition) is 2. The van der Waals surface area contributed by atoms with Gasteiger partial charge in [-0.2, -0.15) is 9.78 Å². The number of hydrogen-bond acceptors (Lipinski definition) is 7. The van der Waals surface area contributed by atoms with Crippen molar-refractivity contribution in [2.45, 2.75) is 71.9 Å². The second-order valence-corrected chi connectivity index (χ2v) is 11.2. The first-order valence-corrected chi connectivity index (χ1v) is 13.7. The molecule has 0 fully saturated rings. The van der Waals surface area contributed by atoms with E-state index in [2.05, 4.69) is 15.1 Å². The van der Waals surface area contributed by atoms with Crippen LogP contribution in [0, 0.1) is 30.9 Å². The van der Waals surface area contributed by atoms with Gasteiger partial charge < -0.3 is 10.1 Å². The van der Waals surface area contributed by atoms with E-state index in [1.165, 1.54) is 10.7 Å². The fourth-order valence-electron chi connectivity index (χ4n) is 3.70. The SMILES string of the molecule is CCC(C)NC(=O)c1nn(-c2cc(C)ccc2C)c(Oc2ccc([N+](=O)[O-])cc2S(=O)(=O)NC(C)C)c1C. The van der Waals surface area contributed by atoms with Gasteiger partial charge in [0.25, 0.3) is 11.6 Å². The largest absolute Gasteiger partial charge is 0.437 e. The minimum Gasteiger partial charge on any atom is -0.437 e. The smallest absolute Gasteiger partial charge is 0.272 e. The third kappa shape index (κ3) is 6.20. The summed E-state index contributed by atoms with van der Waals surface area (Å²) in [5.41, 5.74) is 2.51. The Labute approximate surface area is 222 Å². The number of ether oxygens (including phenoxy) is 1. The first kappa shape index (κ1) is 28.8. The summed E-state index contributed by atoms with van der Waals surface area (Å²) in [5.74, 6) is -0.432. The quantitative estimate of drug-likeness (QED) is 0.278. The summed E-state index contributed by atoms with van der Waals surface area (Å²) in [6.45, 7) is 12.5. The van der Waals surface area contributed by atoms with Crippen molar-refractivity contribution in [1.29, 1.82) is 0 Å². The van der Waals surface area contributed by atoms with E-state index < -0.39 is 37.5 Å². The van der Waals surface area contributed by atoms with Gasteiger partial charge in [-0.05, 0) is 71.2 Å². The standard InChI is InChI=1S/C26H33N5O6S/c1-8-18(6)27-25(32)24-19(7)26(30(28-24)21-13-16(4)9-10-17(21)5)37-22-12-11-20(31(33)34)14-23(22)38(35,36)29-15(2)3/h9-15,18,29H,8H2,1-7H3,(H,27,32). The van der Waals surface area contributed by atoms with Crippen LogP contribution in [-0.4, -0.2) is 41.1 Å². The molecule has 1 aromatic heterocycles. The van der Waals surface area contributed by atoms with Gasteiger partial charge in [-0.3, -0.25) is 14.9 Å². The number of sulfonamides is 1. The van der Waals surface area contributed by atoms with E-state index >= 15 is 0 Å². The second kappa shape index (κ2) is 11.3. The minimum absolute atomic E-state index is 0.0920. The Balaban J connectivity index is 2.25. The number of aromatic nitrogens is 2. The molecule has 1 atom stereocenters. The zero-order chi connectivity index (χ0) is 28.4. The molecule has 0 bridgehead atoms. The van der Waals surface area contributed by atoms with Crippen LogP contribution >= 0.6 is 0 Å². The van der Waals surface area contributed by atoms with Crippen molar-refractivity contribution in [3.63, 3.8) is 0 Å². The second-order valence-electron chi connectivity index (χ2n) is 9.53. The number of nitrogens with one attached hydrogen (secondary N) is 2. The summed E-state index contributed by atoms with van der Waals surface area (Å²) in [6, 6.07) is 8.49. The van der Waals surface area contributed by atoms with Crippen molar-refractivity contribution in [3.05, 3.63) is 68.9 Å². The topological polar surface area (TPSA) is 145 Å². The minimum atomic E-state index is -4.19. The van der Waals surface area contributed by atoms with Crippen molar-refractivity contribution in [2.24, 2.45) is 0 Å². The van der Waals surface area contributed by atoms with Crippen LogP contribution in [0.4, 0.5) is 5.69 Å². The number of benzene rings is 2. The van der Waals surface area contributed by atoms with E-state index in [-0.39, 0.29) is 23.4 Å². The molecule has 2 N–H and O–H groups in total. The van der Waals surface area contributed by atoms with E-state index in [1.807, 2.05) is 45.9 Å². The molecule has 11 nitrogen and oxygen atoms in total. The van der Waals surface area contributed by atoms with Crippen molar-refractivity contribution >= 4 is 21.6 Å². The average Bonchev–Trinajstić information content (AvgIpc) is 3.15. The van der Waals surface area contributed by atoms with Gasteiger partial charge in [0.2, 0.25) is 15.9 Å². The number of amides is 1. The predicted molar refractivity (Wildman–Crippen MR) is 144 cm³/mol. The van der Waals surface area contributed by atoms with Crippen LogP contribution < -0.4 is 14.8 Å². The lowest BCUT2D eigenvalue weighted by Gasteiger charge is -2.16. The number of nitrogens with zero attached hydrogens (tertiary/aromatic N) is 3. The van der Waals surface area contributed by atoms with Crippen LogP contribution in [0.25, 0.3) is 5.69 Å². The van der Waals surface area contributed by atoms with Gasteiger partial charge in [0.1, 0.15) is 10.6 Å². The molecule has 0 saturated heterocycles. The molecule has 204 valence electrons. The lowest BCUT2D eigenvalue weighted by atomic mass is 10.1. The van der Waals surface area contributed by atoms with E-state index in [0.717, 1.165) is 29.7 Å². The number of nitro benzene ring substituents is 1. The molecular weight excluding hydrogens is 510 g/mol. The number of non-ortho nitro benzene ring substituents is 1. The molecule has 1 amide bonds. The van der Waals surface area contributed by atoms with Gasteiger partial charge in [0.15, 0.2) is 5.69 Å². The summed E-state index contributed by atoms with van der Waals surface area (Å²) in [5, 5.41) is 18.9. The maximum atomic E-state index is 13.1. The molecule has 2 aromatic carbocycles. The number of nitro groups is 1. The van der Waals surface area contributed by atoms with Crippen molar-refractivity contribution in [1.82, 2.24) is 19.8 Å². The summed E-state index contributed by atoms with van der Waals surface area (Å²) in [4.78, 5) is 23.4. The Morgan fingerprint density at radius 1 is 1.13 bits per heavy atom. The lowest BCUT2D eigenvalue weighted by molar-refractivity contribution is -0.385. The van der Waals surface area contributed by atoms with E-state index in [4.69, 9.17) is 4.74 Å². The third-order valence-electron chi connectivity index (χ3n) is 5.89. The molecule has 1 unspecified atom stereocenters. The highest BCUT2D eigenvalue weighted by Crippen LogP contribution is 2.36. The van der Waals surface area contributed by atoms with E-state index in [1.54, 1.807) is 20.8 Å². The maximum absolute atomic E-state index is 13.1. The first-order chi connectivity index (χ1) is 17.7. The van der Waals surface area contributed by atoms with Gasteiger partial charge in [0.05, 0.1) is 10.6 Å². The molecular formula is C26H33N5O6S. The Kier molecular flexibility index (Phi) is 8.58. The maximum Gasteiger partial charge on any atom is 0.272 e. The summed E-state index contributed by atoms with van der Waals surface area (Å²) < 4.78 is 36.3. The van der Waals surface area contributed by atoms with Gasteiger partial charge in [-0.15, -0.1) is 0 Å². The molecule has 0 radical (unpaired) electrons. The van der Waals surface area contributed by atoms with Crippen LogP contribution in [0.3, 0.4) is 0 Å². The zero-order valence-electron chi connectivity index (χ0n) is 22.5. The average molecular weight is 544 g/mol. The highest BCUT2D eigenvalue weighted by molar-refractivity contribution is 7.89. The number of aryl methyl sites for hydroxylation is 2. The van der Waals surface area contributed by atoms with Gasteiger partial charge >= 0.3 is 0 Å². The van der Waals surface area contributed by atoms with E-state index in [9.17, 15) is 23.3 Å². The van der Waals surface area contributed by atoms with Crippen LogP contribution in [0.2, 0.25) is 0 Å². The monoisotopic (exact) mass is 543 g/mol. The summed E-state index contributed by atoms with van der Waals surface area (Å²) >= 11 is 0. The number of carbonyl (C=O) groups excluding carboxylic acids is 1. The molecule has 12 heteroatoms. The molecule has 3 rings (SSSR count).